The lowest BCUT2D eigenvalue weighted by molar-refractivity contribution is -0.0689. The highest BCUT2D eigenvalue weighted by atomic mass is 14.6. The molecule has 0 aromatic heterocycles. The second-order valence-corrected chi connectivity index (χ2v) is 24.8. The first-order valence-electron chi connectivity index (χ1n) is 27.2. The zero-order valence-electron chi connectivity index (χ0n) is 36.3. The molecule has 0 N–H and O–H groups in total. The molecule has 11 fully saturated rings. The molecular weight excluding hydrogens is 661 g/mol. The van der Waals surface area contributed by atoms with Crippen LogP contribution in [-0.2, 0) is 0 Å². The molecule has 0 radical (unpaired) electrons. The van der Waals surface area contributed by atoms with Gasteiger partial charge in [0.1, 0.15) is 0 Å². The van der Waals surface area contributed by atoms with Gasteiger partial charge in [0.05, 0.1) is 0 Å². The number of rotatable bonds is 5. The van der Waals surface area contributed by atoms with E-state index in [9.17, 15) is 0 Å². The first-order valence-corrected chi connectivity index (χ1v) is 27.2. The molecule has 11 saturated carbocycles. The zero-order chi connectivity index (χ0) is 36.3. The number of fused-ring (bicyclic) bond motifs is 6. The molecule has 11 aliphatic carbocycles. The van der Waals surface area contributed by atoms with Crippen molar-refractivity contribution in [2.24, 2.45) is 118 Å². The van der Waals surface area contributed by atoms with Gasteiger partial charge < -0.3 is 0 Å². The standard InChI is InChI=1S/C55H90/c1-3-13-36(14-4-1)43-29-44(37-15-5-2-6-16-37)31-46(30-43)48-25-26-51(50-22-12-11-21-49(48)50)53-33-45(42-24-23-38-17-7-8-18-39(38)27-42)34-54-52-32-41-20-10-9-19-40(41)28-47(52)35-55(53)54/h36-55H,1-35H2. The van der Waals surface area contributed by atoms with Gasteiger partial charge in [0.15, 0.2) is 0 Å². The van der Waals surface area contributed by atoms with Crippen molar-refractivity contribution in [3.8, 4) is 0 Å². The summed E-state index contributed by atoms with van der Waals surface area (Å²) < 4.78 is 0. The van der Waals surface area contributed by atoms with Gasteiger partial charge in [-0.3, -0.25) is 0 Å². The van der Waals surface area contributed by atoms with Crippen molar-refractivity contribution < 1.29 is 0 Å². The molecule has 310 valence electrons. The van der Waals surface area contributed by atoms with E-state index in [-0.39, 0.29) is 0 Å². The van der Waals surface area contributed by atoms with E-state index in [1.807, 2.05) is 0 Å². The molecule has 17 unspecified atom stereocenters. The Hall–Kier alpha value is 0. The Morgan fingerprint density at radius 2 is 0.418 bits per heavy atom. The zero-order valence-corrected chi connectivity index (χ0v) is 36.3. The summed E-state index contributed by atoms with van der Waals surface area (Å²) in [5.41, 5.74) is 0. The maximum Gasteiger partial charge on any atom is -0.0349 e. The van der Waals surface area contributed by atoms with E-state index in [0.717, 1.165) is 118 Å². The van der Waals surface area contributed by atoms with Gasteiger partial charge in [0, 0.05) is 0 Å². The molecule has 0 aliphatic heterocycles. The Balaban J connectivity index is 0.857. The molecule has 17 atom stereocenters. The van der Waals surface area contributed by atoms with Gasteiger partial charge in [0.2, 0.25) is 0 Å². The average Bonchev–Trinajstić information content (AvgIpc) is 3.62. The van der Waals surface area contributed by atoms with E-state index in [0.29, 0.717) is 0 Å². The van der Waals surface area contributed by atoms with Gasteiger partial charge in [-0.2, -0.15) is 0 Å². The van der Waals surface area contributed by atoms with Gasteiger partial charge in [0.25, 0.3) is 0 Å². The highest BCUT2D eigenvalue weighted by Gasteiger charge is 2.58. The van der Waals surface area contributed by atoms with Crippen LogP contribution in [0.2, 0.25) is 0 Å². The molecule has 0 aromatic carbocycles. The SMILES string of the molecule is C1CCC(C2CC(C3CCCCC3)CC(C3CCC(C4CC(C5CCC6CCCCC6C5)CC5C6CC7CCCCC7CC6CC54)C4CCCCC34)C2)CC1. The number of hydrogen-bond acceptors (Lipinski definition) is 0. The third-order valence-electron chi connectivity index (χ3n) is 22.9. The fourth-order valence-corrected chi connectivity index (χ4v) is 20.6. The summed E-state index contributed by atoms with van der Waals surface area (Å²) in [6.07, 6.45) is 56.7. The lowest BCUT2D eigenvalue weighted by Crippen LogP contribution is -2.48. The van der Waals surface area contributed by atoms with Crippen LogP contribution >= 0.6 is 0 Å². The van der Waals surface area contributed by atoms with Crippen LogP contribution in [0.3, 0.4) is 0 Å². The van der Waals surface area contributed by atoms with Crippen molar-refractivity contribution in [3.63, 3.8) is 0 Å². The maximum absolute atomic E-state index is 1.71. The third kappa shape index (κ3) is 7.56. The topological polar surface area (TPSA) is 0 Å². The highest BCUT2D eigenvalue weighted by molar-refractivity contribution is 5.07. The van der Waals surface area contributed by atoms with Crippen molar-refractivity contribution in [1.82, 2.24) is 0 Å². The first kappa shape index (κ1) is 38.0. The molecule has 0 aromatic rings. The Bertz CT molecular complexity index is 1210. The van der Waals surface area contributed by atoms with E-state index in [2.05, 4.69) is 0 Å². The molecule has 11 aliphatic rings. The fraction of sp³-hybridized carbons (Fsp3) is 1.00. The minimum absolute atomic E-state index is 1.11. The minimum atomic E-state index is 1.11. The predicted octanol–water partition coefficient (Wildman–Crippen LogP) is 16.1. The van der Waals surface area contributed by atoms with Crippen LogP contribution in [0.25, 0.3) is 0 Å². The molecule has 0 amide bonds. The molecule has 0 bridgehead atoms. The normalized spacial score (nSPS) is 52.6. The lowest BCUT2D eigenvalue weighted by atomic mass is 9.49. The summed E-state index contributed by atoms with van der Waals surface area (Å²) in [6, 6.07) is 0. The Morgan fingerprint density at radius 1 is 0.127 bits per heavy atom. The van der Waals surface area contributed by atoms with Gasteiger partial charge >= 0.3 is 0 Å². The van der Waals surface area contributed by atoms with E-state index in [1.165, 1.54) is 0 Å². The average molecular weight is 751 g/mol. The van der Waals surface area contributed by atoms with Crippen molar-refractivity contribution in [1.29, 1.82) is 0 Å². The van der Waals surface area contributed by atoms with Crippen molar-refractivity contribution in [2.75, 3.05) is 0 Å². The third-order valence-corrected chi connectivity index (χ3v) is 22.9. The predicted molar refractivity (Wildman–Crippen MR) is 231 cm³/mol. The summed E-state index contributed by atoms with van der Waals surface area (Å²) in [5, 5.41) is 0. The molecule has 0 heterocycles. The summed E-state index contributed by atoms with van der Waals surface area (Å²) in [4.78, 5) is 0. The van der Waals surface area contributed by atoms with Crippen molar-refractivity contribution in [3.05, 3.63) is 0 Å². The van der Waals surface area contributed by atoms with Crippen LogP contribution in [-0.4, -0.2) is 0 Å². The second kappa shape index (κ2) is 16.8. The summed E-state index contributed by atoms with van der Waals surface area (Å²) in [5.74, 6) is 22.5. The van der Waals surface area contributed by atoms with Crippen molar-refractivity contribution in [2.45, 2.75) is 225 Å². The van der Waals surface area contributed by atoms with Crippen LogP contribution < -0.4 is 0 Å². The van der Waals surface area contributed by atoms with Crippen LogP contribution in [0.5, 0.6) is 0 Å². The van der Waals surface area contributed by atoms with E-state index in [4.69, 9.17) is 0 Å². The molecule has 55 heavy (non-hydrogen) atoms. The number of hydrogen-bond donors (Lipinski definition) is 0. The van der Waals surface area contributed by atoms with Gasteiger partial charge in [-0.1, -0.05) is 128 Å². The summed E-state index contributed by atoms with van der Waals surface area (Å²) in [7, 11) is 0. The second-order valence-electron chi connectivity index (χ2n) is 24.8. The molecule has 0 saturated heterocycles. The maximum atomic E-state index is 1.71. The van der Waals surface area contributed by atoms with Crippen LogP contribution in [0, 0.1) is 118 Å². The highest BCUT2D eigenvalue weighted by Crippen LogP contribution is 2.66. The first-order chi connectivity index (χ1) is 27.2. The van der Waals surface area contributed by atoms with Gasteiger partial charge in [-0.25, -0.2) is 0 Å². The fourth-order valence-electron chi connectivity index (χ4n) is 20.6. The van der Waals surface area contributed by atoms with E-state index in [1.54, 1.807) is 225 Å². The molecular formula is C55H90. The summed E-state index contributed by atoms with van der Waals surface area (Å²) in [6.45, 7) is 0. The Labute approximate surface area is 341 Å². The minimum Gasteiger partial charge on any atom is -0.0533 e. The molecule has 0 spiro atoms. The van der Waals surface area contributed by atoms with Gasteiger partial charge in [-0.15, -0.1) is 0 Å². The largest absolute Gasteiger partial charge is 0.0533 e. The summed E-state index contributed by atoms with van der Waals surface area (Å²) >= 11 is 0. The van der Waals surface area contributed by atoms with Crippen molar-refractivity contribution >= 4 is 0 Å². The van der Waals surface area contributed by atoms with Crippen LogP contribution in [0.15, 0.2) is 0 Å². The monoisotopic (exact) mass is 751 g/mol. The molecule has 0 nitrogen and oxygen atoms in total. The van der Waals surface area contributed by atoms with E-state index < -0.39 is 0 Å². The molecule has 0 heteroatoms. The van der Waals surface area contributed by atoms with Crippen LogP contribution in [0.1, 0.15) is 225 Å². The Kier molecular flexibility index (Phi) is 11.6. The van der Waals surface area contributed by atoms with Gasteiger partial charge in [-0.05, 0) is 215 Å². The quantitative estimate of drug-likeness (QED) is 0.262. The smallest absolute Gasteiger partial charge is 0.0349 e. The Morgan fingerprint density at radius 3 is 1.07 bits per heavy atom. The van der Waals surface area contributed by atoms with Crippen LogP contribution in [0.4, 0.5) is 0 Å². The van der Waals surface area contributed by atoms with E-state index >= 15 is 0 Å². The lowest BCUT2D eigenvalue weighted by Gasteiger charge is -2.56. The molecule has 11 rings (SSSR count).